The molecule has 3 heterocycles. The van der Waals surface area contributed by atoms with Crippen molar-refractivity contribution >= 4 is 28.8 Å². The first kappa shape index (κ1) is 18.3. The number of hydrogen-bond donors (Lipinski definition) is 1. The average molecular weight is 410 g/mol. The molecule has 0 saturated carbocycles. The monoisotopic (exact) mass is 409 g/mol. The number of rotatable bonds is 6. The van der Waals surface area contributed by atoms with E-state index >= 15 is 0 Å². The van der Waals surface area contributed by atoms with Gasteiger partial charge in [0.2, 0.25) is 0 Å². The molecule has 0 aliphatic carbocycles. The molecule has 6 nitrogen and oxygen atoms in total. The van der Waals surface area contributed by atoms with Gasteiger partial charge in [0, 0.05) is 34.4 Å². The van der Waals surface area contributed by atoms with Gasteiger partial charge in [-0.1, -0.05) is 28.9 Å². The number of benzene rings is 1. The molecule has 0 aliphatic rings. The van der Waals surface area contributed by atoms with Crippen molar-refractivity contribution in [2.75, 3.05) is 6.54 Å². The summed E-state index contributed by atoms with van der Waals surface area (Å²) in [6.07, 6.45) is 4.11. The lowest BCUT2D eigenvalue weighted by Gasteiger charge is -2.09. The lowest BCUT2D eigenvalue weighted by atomic mass is 10.1. The van der Waals surface area contributed by atoms with Crippen LogP contribution in [0, 0.1) is 0 Å². The quantitative estimate of drug-likeness (QED) is 0.522. The maximum absolute atomic E-state index is 12.8. The van der Waals surface area contributed by atoms with Crippen molar-refractivity contribution in [3.8, 4) is 16.9 Å². The molecule has 3 aromatic heterocycles. The molecule has 140 valence electrons. The standard InChI is InChI=1S/C20H16ClN5OS/c21-15-3-1-4-16(13-15)26-19(14-6-9-22-10-7-14)18(24-25-26)20(27)23-11-8-17-5-2-12-28-17/h1-7,9-10,12-13H,8,11H2,(H,23,27). The van der Waals surface area contributed by atoms with Gasteiger partial charge < -0.3 is 5.32 Å². The summed E-state index contributed by atoms with van der Waals surface area (Å²) in [7, 11) is 0. The Labute approximate surface area is 170 Å². The number of hydrogen-bond acceptors (Lipinski definition) is 5. The van der Waals surface area contributed by atoms with Gasteiger partial charge in [0.15, 0.2) is 5.69 Å². The van der Waals surface area contributed by atoms with Crippen molar-refractivity contribution in [1.82, 2.24) is 25.3 Å². The lowest BCUT2D eigenvalue weighted by Crippen LogP contribution is -2.26. The highest BCUT2D eigenvalue weighted by Gasteiger charge is 2.22. The fourth-order valence-electron chi connectivity index (χ4n) is 2.83. The van der Waals surface area contributed by atoms with Gasteiger partial charge in [0.05, 0.1) is 5.69 Å². The third kappa shape index (κ3) is 3.95. The first-order valence-electron chi connectivity index (χ1n) is 8.65. The molecule has 0 bridgehead atoms. The van der Waals surface area contributed by atoms with E-state index in [0.29, 0.717) is 17.3 Å². The van der Waals surface area contributed by atoms with Crippen molar-refractivity contribution < 1.29 is 4.79 Å². The smallest absolute Gasteiger partial charge is 0.274 e. The zero-order chi connectivity index (χ0) is 19.3. The van der Waals surface area contributed by atoms with Crippen molar-refractivity contribution in [1.29, 1.82) is 0 Å². The van der Waals surface area contributed by atoms with E-state index in [9.17, 15) is 4.79 Å². The normalized spacial score (nSPS) is 10.8. The molecule has 0 atom stereocenters. The Hall–Kier alpha value is -3.03. The Morgan fingerprint density at radius 2 is 2.00 bits per heavy atom. The van der Waals surface area contributed by atoms with Crippen molar-refractivity contribution in [2.24, 2.45) is 0 Å². The number of thiophene rings is 1. The Bertz CT molecular complexity index is 1080. The molecule has 0 radical (unpaired) electrons. The third-order valence-electron chi connectivity index (χ3n) is 4.13. The second kappa shape index (κ2) is 8.33. The summed E-state index contributed by atoms with van der Waals surface area (Å²) in [4.78, 5) is 18.1. The Morgan fingerprint density at radius 3 is 2.75 bits per heavy atom. The molecular formula is C20H16ClN5OS. The van der Waals surface area contributed by atoms with E-state index in [1.54, 1.807) is 40.5 Å². The number of nitrogens with zero attached hydrogens (tertiary/aromatic N) is 4. The Morgan fingerprint density at radius 1 is 1.14 bits per heavy atom. The van der Waals surface area contributed by atoms with Crippen LogP contribution in [0.25, 0.3) is 16.9 Å². The van der Waals surface area contributed by atoms with Gasteiger partial charge in [-0.2, -0.15) is 0 Å². The summed E-state index contributed by atoms with van der Waals surface area (Å²) in [6.45, 7) is 0.527. The van der Waals surface area contributed by atoms with Crippen LogP contribution >= 0.6 is 22.9 Å². The van der Waals surface area contributed by atoms with Crippen LogP contribution in [0.3, 0.4) is 0 Å². The average Bonchev–Trinajstić information content (AvgIpc) is 3.38. The van der Waals surface area contributed by atoms with Gasteiger partial charge in [-0.3, -0.25) is 9.78 Å². The van der Waals surface area contributed by atoms with Crippen LogP contribution in [-0.2, 0) is 6.42 Å². The lowest BCUT2D eigenvalue weighted by molar-refractivity contribution is 0.0950. The second-order valence-electron chi connectivity index (χ2n) is 6.00. The minimum Gasteiger partial charge on any atom is -0.350 e. The Balaban J connectivity index is 1.66. The molecule has 0 saturated heterocycles. The molecule has 0 fully saturated rings. The number of pyridine rings is 1. The third-order valence-corrected chi connectivity index (χ3v) is 5.30. The SMILES string of the molecule is O=C(NCCc1cccs1)c1nnn(-c2cccc(Cl)c2)c1-c1ccncc1. The van der Waals surface area contributed by atoms with Gasteiger partial charge in [-0.25, -0.2) is 4.68 Å². The summed E-state index contributed by atoms with van der Waals surface area (Å²) in [5.74, 6) is -0.267. The van der Waals surface area contributed by atoms with E-state index in [-0.39, 0.29) is 11.6 Å². The van der Waals surface area contributed by atoms with E-state index in [1.807, 2.05) is 35.7 Å². The minimum atomic E-state index is -0.267. The first-order chi connectivity index (χ1) is 13.7. The van der Waals surface area contributed by atoms with Crippen LogP contribution in [0.1, 0.15) is 15.4 Å². The predicted octanol–water partition coefficient (Wildman–Crippen LogP) is 4.02. The minimum absolute atomic E-state index is 0.261. The molecule has 1 amide bonds. The Kier molecular flexibility index (Phi) is 5.45. The summed E-state index contributed by atoms with van der Waals surface area (Å²) in [5.41, 5.74) is 2.38. The second-order valence-corrected chi connectivity index (χ2v) is 7.47. The summed E-state index contributed by atoms with van der Waals surface area (Å²) < 4.78 is 1.62. The van der Waals surface area contributed by atoms with Crippen molar-refractivity contribution in [3.05, 3.63) is 81.9 Å². The fraction of sp³-hybridized carbons (Fsp3) is 0.100. The van der Waals surface area contributed by atoms with Crippen LogP contribution in [0.4, 0.5) is 0 Å². The van der Waals surface area contributed by atoms with E-state index in [0.717, 1.165) is 17.7 Å². The van der Waals surface area contributed by atoms with Crippen LogP contribution < -0.4 is 5.32 Å². The van der Waals surface area contributed by atoms with Crippen LogP contribution in [0.2, 0.25) is 5.02 Å². The van der Waals surface area contributed by atoms with Crippen LogP contribution in [-0.4, -0.2) is 32.4 Å². The molecule has 28 heavy (non-hydrogen) atoms. The number of amides is 1. The maximum Gasteiger partial charge on any atom is 0.274 e. The highest BCUT2D eigenvalue weighted by molar-refractivity contribution is 7.09. The molecule has 4 aromatic rings. The van der Waals surface area contributed by atoms with Gasteiger partial charge in [-0.05, 0) is 48.2 Å². The van der Waals surface area contributed by atoms with Crippen LogP contribution in [0.5, 0.6) is 0 Å². The fourth-order valence-corrected chi connectivity index (χ4v) is 3.72. The number of aromatic nitrogens is 4. The molecule has 4 rings (SSSR count). The van der Waals surface area contributed by atoms with Crippen molar-refractivity contribution in [2.45, 2.75) is 6.42 Å². The molecule has 1 aromatic carbocycles. The highest BCUT2D eigenvalue weighted by atomic mass is 35.5. The molecular weight excluding hydrogens is 394 g/mol. The zero-order valence-corrected chi connectivity index (χ0v) is 16.3. The molecule has 8 heteroatoms. The summed E-state index contributed by atoms with van der Waals surface area (Å²) in [5, 5.41) is 13.9. The first-order valence-corrected chi connectivity index (χ1v) is 9.91. The molecule has 0 spiro atoms. The van der Waals surface area contributed by atoms with Crippen molar-refractivity contribution in [3.63, 3.8) is 0 Å². The number of halogens is 1. The summed E-state index contributed by atoms with van der Waals surface area (Å²) >= 11 is 7.80. The maximum atomic E-state index is 12.8. The zero-order valence-electron chi connectivity index (χ0n) is 14.7. The van der Waals surface area contributed by atoms with E-state index < -0.39 is 0 Å². The predicted molar refractivity (Wildman–Crippen MR) is 110 cm³/mol. The summed E-state index contributed by atoms with van der Waals surface area (Å²) in [6, 6.07) is 14.9. The number of nitrogens with one attached hydrogen (secondary N) is 1. The van der Waals surface area contributed by atoms with Gasteiger partial charge in [-0.15, -0.1) is 16.4 Å². The topological polar surface area (TPSA) is 72.7 Å². The van der Waals surface area contributed by atoms with E-state index in [2.05, 4.69) is 26.7 Å². The van der Waals surface area contributed by atoms with Crippen LogP contribution in [0.15, 0.2) is 66.3 Å². The largest absolute Gasteiger partial charge is 0.350 e. The van der Waals surface area contributed by atoms with Gasteiger partial charge >= 0.3 is 0 Å². The molecule has 0 unspecified atom stereocenters. The van der Waals surface area contributed by atoms with Gasteiger partial charge in [0.25, 0.3) is 5.91 Å². The number of carbonyl (C=O) groups is 1. The van der Waals surface area contributed by atoms with Gasteiger partial charge in [0.1, 0.15) is 5.69 Å². The molecule has 0 aliphatic heterocycles. The highest BCUT2D eigenvalue weighted by Crippen LogP contribution is 2.26. The number of carbonyl (C=O) groups excluding carboxylic acids is 1. The molecule has 1 N–H and O–H groups in total. The van der Waals surface area contributed by atoms with E-state index in [1.165, 1.54) is 4.88 Å². The van der Waals surface area contributed by atoms with E-state index in [4.69, 9.17) is 11.6 Å².